The summed E-state index contributed by atoms with van der Waals surface area (Å²) in [4.78, 5) is 12.3. The van der Waals surface area contributed by atoms with Gasteiger partial charge in [-0.2, -0.15) is 0 Å². The van der Waals surface area contributed by atoms with E-state index in [1.165, 1.54) is 17.4 Å². The number of aliphatic hydroxyl groups excluding tert-OH is 1. The average molecular weight is 242 g/mol. The molecular weight excluding hydrogens is 228 g/mol. The molecule has 1 aromatic heterocycles. The smallest absolute Gasteiger partial charge is 0.303 e. The number of rotatable bonds is 4. The van der Waals surface area contributed by atoms with Crippen molar-refractivity contribution in [1.29, 1.82) is 0 Å². The van der Waals surface area contributed by atoms with Crippen LogP contribution >= 0.6 is 11.3 Å². The fourth-order valence-electron chi connectivity index (χ4n) is 2.04. The highest BCUT2D eigenvalue weighted by Crippen LogP contribution is 2.36. The standard InChI is InChI=1S/C10H14N2O3S/c1-11(6-7-4-8(13)5-7)10-9(12(14)15)2-3-16-10/h2-3,7-8,13H,4-6H2,1H3. The molecule has 6 heteroatoms. The average Bonchev–Trinajstić information content (AvgIpc) is 2.63. The largest absolute Gasteiger partial charge is 0.393 e. The Labute approximate surface area is 97.5 Å². The third kappa shape index (κ3) is 2.17. The maximum atomic E-state index is 10.8. The molecule has 0 amide bonds. The summed E-state index contributed by atoms with van der Waals surface area (Å²) in [7, 11) is 1.86. The lowest BCUT2D eigenvalue weighted by Crippen LogP contribution is -2.37. The molecule has 5 nitrogen and oxygen atoms in total. The molecule has 0 atom stereocenters. The minimum Gasteiger partial charge on any atom is -0.393 e. The van der Waals surface area contributed by atoms with Gasteiger partial charge in [0.05, 0.1) is 11.0 Å². The molecule has 0 spiro atoms. The summed E-state index contributed by atoms with van der Waals surface area (Å²) in [5, 5.41) is 22.4. The Kier molecular flexibility index (Phi) is 3.11. The first-order valence-electron chi connectivity index (χ1n) is 5.19. The van der Waals surface area contributed by atoms with Crippen molar-refractivity contribution in [3.63, 3.8) is 0 Å². The van der Waals surface area contributed by atoms with Crippen LogP contribution in [0.3, 0.4) is 0 Å². The molecule has 1 heterocycles. The highest BCUT2D eigenvalue weighted by atomic mass is 32.1. The van der Waals surface area contributed by atoms with E-state index in [1.807, 2.05) is 11.9 Å². The zero-order valence-corrected chi connectivity index (χ0v) is 9.81. The second kappa shape index (κ2) is 4.39. The maximum Gasteiger partial charge on any atom is 0.303 e. The number of nitrogens with zero attached hydrogens (tertiary/aromatic N) is 2. The van der Waals surface area contributed by atoms with E-state index >= 15 is 0 Å². The van der Waals surface area contributed by atoms with Gasteiger partial charge < -0.3 is 10.0 Å². The Balaban J connectivity index is 2.00. The van der Waals surface area contributed by atoms with Crippen LogP contribution in [0.4, 0.5) is 10.7 Å². The second-order valence-electron chi connectivity index (χ2n) is 4.24. The van der Waals surface area contributed by atoms with Crippen LogP contribution in [0, 0.1) is 16.0 Å². The quantitative estimate of drug-likeness (QED) is 0.646. The van der Waals surface area contributed by atoms with E-state index in [9.17, 15) is 15.2 Å². The SMILES string of the molecule is CN(CC1CC(O)C1)c1sccc1[N+](=O)[O-]. The molecule has 1 N–H and O–H groups in total. The van der Waals surface area contributed by atoms with Crippen LogP contribution in [0.25, 0.3) is 0 Å². The number of hydrogen-bond donors (Lipinski definition) is 1. The minimum atomic E-state index is -0.349. The van der Waals surface area contributed by atoms with Crippen molar-refractivity contribution >= 4 is 22.0 Å². The topological polar surface area (TPSA) is 66.6 Å². The van der Waals surface area contributed by atoms with Crippen LogP contribution in [-0.2, 0) is 0 Å². The Hall–Kier alpha value is -1.14. The molecule has 2 rings (SSSR count). The van der Waals surface area contributed by atoms with Gasteiger partial charge in [0.2, 0.25) is 0 Å². The van der Waals surface area contributed by atoms with Crippen LogP contribution in [0.2, 0.25) is 0 Å². The van der Waals surface area contributed by atoms with E-state index in [0.717, 1.165) is 19.4 Å². The first kappa shape index (κ1) is 11.3. The molecule has 0 aliphatic heterocycles. The van der Waals surface area contributed by atoms with Crippen molar-refractivity contribution in [2.45, 2.75) is 18.9 Å². The Morgan fingerprint density at radius 2 is 2.38 bits per heavy atom. The molecule has 1 fully saturated rings. The molecule has 1 aliphatic rings. The minimum absolute atomic E-state index is 0.170. The summed E-state index contributed by atoms with van der Waals surface area (Å²) in [5.41, 5.74) is 0.173. The summed E-state index contributed by atoms with van der Waals surface area (Å²) in [6.07, 6.45) is 1.45. The normalized spacial score (nSPS) is 23.9. The van der Waals surface area contributed by atoms with E-state index in [4.69, 9.17) is 0 Å². The number of anilines is 1. The van der Waals surface area contributed by atoms with Crippen LogP contribution in [0.5, 0.6) is 0 Å². The van der Waals surface area contributed by atoms with Gasteiger partial charge in [0, 0.05) is 19.7 Å². The van der Waals surface area contributed by atoms with Gasteiger partial charge in [0.25, 0.3) is 0 Å². The molecular formula is C10H14N2O3S. The summed E-state index contributed by atoms with van der Waals surface area (Å²) < 4.78 is 0. The van der Waals surface area contributed by atoms with Crippen molar-refractivity contribution in [2.24, 2.45) is 5.92 Å². The van der Waals surface area contributed by atoms with E-state index in [-0.39, 0.29) is 16.7 Å². The summed E-state index contributed by atoms with van der Waals surface area (Å²) >= 11 is 1.39. The van der Waals surface area contributed by atoms with Crippen molar-refractivity contribution < 1.29 is 10.0 Å². The maximum absolute atomic E-state index is 10.8. The second-order valence-corrected chi connectivity index (χ2v) is 5.13. The third-order valence-corrected chi connectivity index (χ3v) is 3.93. The predicted octanol–water partition coefficient (Wildman–Crippen LogP) is 1.86. The van der Waals surface area contributed by atoms with Gasteiger partial charge in [0.15, 0.2) is 5.00 Å². The first-order valence-corrected chi connectivity index (χ1v) is 6.07. The summed E-state index contributed by atoms with van der Waals surface area (Å²) in [5.74, 6) is 0.460. The first-order chi connectivity index (χ1) is 7.58. The number of aliphatic hydroxyl groups is 1. The lowest BCUT2D eigenvalue weighted by molar-refractivity contribution is -0.383. The van der Waals surface area contributed by atoms with E-state index in [0.29, 0.717) is 10.9 Å². The molecule has 88 valence electrons. The predicted molar refractivity (Wildman–Crippen MR) is 63.0 cm³/mol. The number of thiophene rings is 1. The molecule has 0 unspecified atom stereocenters. The zero-order chi connectivity index (χ0) is 11.7. The molecule has 0 bridgehead atoms. The molecule has 0 saturated heterocycles. The molecule has 0 aromatic carbocycles. The van der Waals surface area contributed by atoms with Crippen LogP contribution in [-0.4, -0.2) is 29.7 Å². The van der Waals surface area contributed by atoms with Crippen LogP contribution in [0.15, 0.2) is 11.4 Å². The van der Waals surface area contributed by atoms with Crippen molar-refractivity contribution in [3.8, 4) is 0 Å². The Morgan fingerprint density at radius 1 is 1.69 bits per heavy atom. The summed E-state index contributed by atoms with van der Waals surface area (Å²) in [6, 6.07) is 1.53. The van der Waals surface area contributed by atoms with Gasteiger partial charge in [-0.1, -0.05) is 0 Å². The van der Waals surface area contributed by atoms with Crippen molar-refractivity contribution in [2.75, 3.05) is 18.5 Å². The fraction of sp³-hybridized carbons (Fsp3) is 0.600. The fourth-order valence-corrected chi connectivity index (χ4v) is 2.88. The highest BCUT2D eigenvalue weighted by molar-refractivity contribution is 7.14. The molecule has 1 saturated carbocycles. The van der Waals surface area contributed by atoms with Gasteiger partial charge >= 0.3 is 5.69 Å². The molecule has 16 heavy (non-hydrogen) atoms. The van der Waals surface area contributed by atoms with Gasteiger partial charge in [-0.25, -0.2) is 0 Å². The lowest BCUT2D eigenvalue weighted by atomic mass is 9.82. The van der Waals surface area contributed by atoms with Crippen LogP contribution < -0.4 is 4.90 Å². The van der Waals surface area contributed by atoms with Gasteiger partial charge in [-0.05, 0) is 24.1 Å². The number of nitro groups is 1. The highest BCUT2D eigenvalue weighted by Gasteiger charge is 2.29. The van der Waals surface area contributed by atoms with Gasteiger partial charge in [-0.3, -0.25) is 10.1 Å². The van der Waals surface area contributed by atoms with E-state index in [2.05, 4.69) is 0 Å². The summed E-state index contributed by atoms with van der Waals surface area (Å²) in [6.45, 7) is 0.776. The monoisotopic (exact) mass is 242 g/mol. The van der Waals surface area contributed by atoms with Gasteiger partial charge in [0.1, 0.15) is 0 Å². The van der Waals surface area contributed by atoms with E-state index in [1.54, 1.807) is 5.38 Å². The lowest BCUT2D eigenvalue weighted by Gasteiger charge is -2.34. The zero-order valence-electron chi connectivity index (χ0n) is 9.00. The number of hydrogen-bond acceptors (Lipinski definition) is 5. The Morgan fingerprint density at radius 3 is 2.94 bits per heavy atom. The van der Waals surface area contributed by atoms with Crippen LogP contribution in [0.1, 0.15) is 12.8 Å². The third-order valence-electron chi connectivity index (χ3n) is 2.91. The van der Waals surface area contributed by atoms with Gasteiger partial charge in [-0.15, -0.1) is 11.3 Å². The Bertz CT molecular complexity index is 387. The molecule has 0 radical (unpaired) electrons. The molecule has 1 aliphatic carbocycles. The van der Waals surface area contributed by atoms with Crippen molar-refractivity contribution in [3.05, 3.63) is 21.6 Å². The molecule has 1 aromatic rings. The van der Waals surface area contributed by atoms with E-state index < -0.39 is 0 Å². The van der Waals surface area contributed by atoms with Crippen molar-refractivity contribution in [1.82, 2.24) is 0 Å².